The summed E-state index contributed by atoms with van der Waals surface area (Å²) in [6.45, 7) is 1.27. The molecule has 4 heterocycles. The molecule has 16 heteroatoms. The monoisotopic (exact) mass is 653 g/mol. The van der Waals surface area contributed by atoms with Crippen molar-refractivity contribution in [1.29, 1.82) is 0 Å². The van der Waals surface area contributed by atoms with Gasteiger partial charge in [-0.25, -0.2) is 14.5 Å². The molecule has 1 spiro atoms. The molecule has 0 radical (unpaired) electrons. The zero-order chi connectivity index (χ0) is 32.4. The van der Waals surface area contributed by atoms with Gasteiger partial charge in [0.25, 0.3) is 5.91 Å². The number of halogens is 3. The number of hydrogen-bond donors (Lipinski definition) is 2. The number of aliphatic imine (C=N–C) groups is 1. The molecule has 13 nitrogen and oxygen atoms in total. The Morgan fingerprint density at radius 2 is 1.96 bits per heavy atom. The van der Waals surface area contributed by atoms with Crippen molar-refractivity contribution in [1.82, 2.24) is 34.8 Å². The molecule has 4 aromatic rings. The van der Waals surface area contributed by atoms with Crippen LogP contribution in [0.3, 0.4) is 0 Å². The number of rotatable bonds is 9. The molecule has 2 aromatic heterocycles. The minimum Gasteiger partial charge on any atom is -0.447 e. The number of alkyl halides is 2. The number of benzene rings is 2. The third-order valence-electron chi connectivity index (χ3n) is 7.90. The maximum atomic E-state index is 14.2. The van der Waals surface area contributed by atoms with Crippen molar-refractivity contribution in [3.05, 3.63) is 77.3 Å². The van der Waals surface area contributed by atoms with Crippen LogP contribution in [0.4, 0.5) is 13.6 Å². The van der Waals surface area contributed by atoms with Crippen molar-refractivity contribution in [2.75, 3.05) is 39.5 Å². The zero-order valence-electron chi connectivity index (χ0n) is 24.6. The van der Waals surface area contributed by atoms with Crippen LogP contribution < -0.4 is 5.73 Å². The summed E-state index contributed by atoms with van der Waals surface area (Å²) in [7, 11) is 0. The van der Waals surface area contributed by atoms with Gasteiger partial charge >= 0.3 is 12.6 Å². The lowest BCUT2D eigenvalue weighted by Gasteiger charge is -2.54. The van der Waals surface area contributed by atoms with E-state index in [0.29, 0.717) is 64.1 Å². The minimum atomic E-state index is -2.78. The van der Waals surface area contributed by atoms with Crippen LogP contribution in [0.5, 0.6) is 0 Å². The predicted octanol–water partition coefficient (Wildman–Crippen LogP) is 4.37. The highest BCUT2D eigenvalue weighted by molar-refractivity contribution is 6.33. The summed E-state index contributed by atoms with van der Waals surface area (Å²) in [5.41, 5.74) is 8.74. The van der Waals surface area contributed by atoms with Crippen molar-refractivity contribution in [2.24, 2.45) is 16.1 Å². The molecule has 1 atom stereocenters. The molecule has 2 fully saturated rings. The first-order valence-electron chi connectivity index (χ1n) is 14.4. The van der Waals surface area contributed by atoms with Crippen molar-refractivity contribution >= 4 is 29.6 Å². The summed E-state index contributed by atoms with van der Waals surface area (Å²) < 4.78 is 37.7. The van der Waals surface area contributed by atoms with Crippen molar-refractivity contribution < 1.29 is 27.8 Å². The van der Waals surface area contributed by atoms with Crippen LogP contribution in [0.15, 0.2) is 66.2 Å². The number of guanidine groups is 1. The number of aromatic amines is 1. The van der Waals surface area contributed by atoms with Gasteiger partial charge in [-0.1, -0.05) is 29.8 Å². The van der Waals surface area contributed by atoms with E-state index in [1.165, 1.54) is 23.6 Å². The van der Waals surface area contributed by atoms with Crippen LogP contribution in [0.1, 0.15) is 35.4 Å². The number of H-pyrrole nitrogens is 1. The molecular weight excluding hydrogens is 624 g/mol. The number of nitrogens with one attached hydrogen (secondary N) is 1. The average Bonchev–Trinajstić information content (AvgIpc) is 3.72. The number of ether oxygens (including phenoxy) is 2. The van der Waals surface area contributed by atoms with Gasteiger partial charge < -0.3 is 20.1 Å². The number of carbonyl (C=O) groups excluding carboxylic acids is 2. The summed E-state index contributed by atoms with van der Waals surface area (Å²) in [5.74, 6) is -0.229. The van der Waals surface area contributed by atoms with Crippen LogP contribution >= 0.6 is 11.6 Å². The molecule has 2 amide bonds. The predicted molar refractivity (Wildman–Crippen MR) is 163 cm³/mol. The fourth-order valence-corrected chi connectivity index (χ4v) is 5.68. The van der Waals surface area contributed by atoms with Gasteiger partial charge in [-0.15, -0.1) is 0 Å². The molecule has 2 aromatic carbocycles. The Hall–Kier alpha value is -4.89. The third kappa shape index (κ3) is 6.15. The molecule has 0 unspecified atom stereocenters. The average molecular weight is 654 g/mol. The molecular formula is C30H30ClF2N9O4. The first-order chi connectivity index (χ1) is 22.2. The van der Waals surface area contributed by atoms with Crippen molar-refractivity contribution in [3.8, 4) is 22.5 Å². The Balaban J connectivity index is 1.33. The largest absolute Gasteiger partial charge is 0.447 e. The number of likely N-dealkylation sites (tertiary alicyclic amines) is 1. The number of amides is 2. The van der Waals surface area contributed by atoms with Gasteiger partial charge in [0.05, 0.1) is 35.9 Å². The SMILES string of the molecule is CCN=C(N)N(C(=O)c1ccc(-c2cnn(C(F)F)c2)cc1)[C@H](COC(=O)N1CC2(COC2)C1)c1ccc(Cl)c(-c2ncn[nH]2)c1. The number of nitrogens with two attached hydrogens (primary N) is 1. The standard InChI is InChI=1S/C30H30ClF2N9O4/c1-2-35-28(34)42(26(43)19-5-3-18(4-6-19)21-10-38-41(11-21)27(32)33)24(12-46-29(44)40-13-30(14-40)15-45-16-30)20-7-8-23(31)22(9-20)25-36-17-37-39-25/h3-11,17,24,27H,2,12-16H2,1H3,(H2,34,35)(H,36,37,39)/t24-/m1/s1. The van der Waals surface area contributed by atoms with Crippen molar-refractivity contribution in [3.63, 3.8) is 0 Å². The first kappa shape index (κ1) is 31.1. The van der Waals surface area contributed by atoms with Crippen LogP contribution in [0, 0.1) is 5.41 Å². The number of carbonyl (C=O) groups is 2. The molecule has 2 aliphatic rings. The molecule has 0 bridgehead atoms. The van der Waals surface area contributed by atoms with E-state index in [2.05, 4.69) is 25.3 Å². The molecule has 0 saturated carbocycles. The van der Waals surface area contributed by atoms with Crippen LogP contribution in [-0.2, 0) is 9.47 Å². The molecule has 3 N–H and O–H groups in total. The topological polar surface area (TPSA) is 157 Å². The molecule has 0 aliphatic carbocycles. The van der Waals surface area contributed by atoms with Gasteiger partial charge in [-0.3, -0.25) is 19.8 Å². The van der Waals surface area contributed by atoms with E-state index in [1.807, 2.05) is 0 Å². The summed E-state index contributed by atoms with van der Waals surface area (Å²) >= 11 is 6.50. The number of aromatic nitrogens is 5. The number of hydrogen-bond acceptors (Lipinski definition) is 8. The van der Waals surface area contributed by atoms with E-state index in [9.17, 15) is 18.4 Å². The molecule has 2 saturated heterocycles. The van der Waals surface area contributed by atoms with E-state index < -0.39 is 24.6 Å². The zero-order valence-corrected chi connectivity index (χ0v) is 25.4. The molecule has 240 valence electrons. The quantitative estimate of drug-likeness (QED) is 0.199. The summed E-state index contributed by atoms with van der Waals surface area (Å²) in [6.07, 6.45) is 3.35. The van der Waals surface area contributed by atoms with E-state index in [0.717, 1.165) is 0 Å². The Bertz CT molecular complexity index is 1740. The van der Waals surface area contributed by atoms with Gasteiger partial charge in [0.15, 0.2) is 11.8 Å². The molecule has 6 rings (SSSR count). The minimum absolute atomic E-state index is 0.00884. The Kier molecular flexibility index (Phi) is 8.69. The fourth-order valence-electron chi connectivity index (χ4n) is 5.48. The van der Waals surface area contributed by atoms with Gasteiger partial charge in [0.1, 0.15) is 12.9 Å². The smallest absolute Gasteiger partial charge is 0.409 e. The second kappa shape index (κ2) is 12.8. The molecule has 2 aliphatic heterocycles. The highest BCUT2D eigenvalue weighted by Crippen LogP contribution is 2.38. The van der Waals surface area contributed by atoms with Crippen molar-refractivity contribution in [2.45, 2.75) is 19.5 Å². The first-order valence-corrected chi connectivity index (χ1v) is 14.8. The summed E-state index contributed by atoms with van der Waals surface area (Å²) in [6, 6.07) is 10.5. The van der Waals surface area contributed by atoms with Crippen LogP contribution in [0.25, 0.3) is 22.5 Å². The van der Waals surface area contributed by atoms with Gasteiger partial charge in [-0.2, -0.15) is 19.0 Å². The second-order valence-corrected chi connectivity index (χ2v) is 11.5. The van der Waals surface area contributed by atoms with Gasteiger partial charge in [-0.05, 0) is 42.3 Å². The highest BCUT2D eigenvalue weighted by atomic mass is 35.5. The van der Waals surface area contributed by atoms with Gasteiger partial charge in [0.2, 0.25) is 0 Å². The summed E-state index contributed by atoms with van der Waals surface area (Å²) in [5, 5.41) is 10.7. The lowest BCUT2D eigenvalue weighted by Crippen LogP contribution is -2.67. The maximum absolute atomic E-state index is 14.2. The Labute approximate surface area is 266 Å². The van der Waals surface area contributed by atoms with Crippen LogP contribution in [0.2, 0.25) is 5.02 Å². The second-order valence-electron chi connectivity index (χ2n) is 11.1. The third-order valence-corrected chi connectivity index (χ3v) is 8.23. The maximum Gasteiger partial charge on any atom is 0.409 e. The Morgan fingerprint density at radius 3 is 2.57 bits per heavy atom. The Morgan fingerprint density at radius 1 is 1.20 bits per heavy atom. The van der Waals surface area contributed by atoms with E-state index in [-0.39, 0.29) is 30.1 Å². The van der Waals surface area contributed by atoms with E-state index in [4.69, 9.17) is 26.8 Å². The van der Waals surface area contributed by atoms with Gasteiger partial charge in [0, 0.05) is 42.5 Å². The van der Waals surface area contributed by atoms with Crippen LogP contribution in [-0.4, -0.2) is 92.2 Å². The highest BCUT2D eigenvalue weighted by Gasteiger charge is 2.51. The normalized spacial score (nSPS) is 16.2. The lowest BCUT2D eigenvalue weighted by molar-refractivity contribution is -0.180. The molecule has 46 heavy (non-hydrogen) atoms. The van der Waals surface area contributed by atoms with E-state index in [1.54, 1.807) is 54.3 Å². The lowest BCUT2D eigenvalue weighted by atomic mass is 9.78. The summed E-state index contributed by atoms with van der Waals surface area (Å²) in [4.78, 5) is 38.6. The number of nitrogens with zero attached hydrogens (tertiary/aromatic N) is 7. The fraction of sp³-hybridized carbons (Fsp3) is 0.333. The van der Waals surface area contributed by atoms with E-state index >= 15 is 0 Å².